The fraction of sp³-hybridized carbons (Fsp3) is 0. The summed E-state index contributed by atoms with van der Waals surface area (Å²) in [5.74, 6) is -2.89. The first-order chi connectivity index (χ1) is 18.8. The van der Waals surface area contributed by atoms with E-state index in [1.807, 2.05) is 0 Å². The standard InChI is InChI=1S/C26H14Cl2N2O8S2/c27-39(35,36)21-7-3-1-5-13(21)17-11-19(25(31)32)29-23-15(17)9-10-16-18(12-20(26(33)34)30-24(16)23)14-6-2-4-8-22(14)40(28,37)38/h1-12H,(H,31,32)(H,33,34). The maximum absolute atomic E-state index is 12.3. The molecule has 5 rings (SSSR count). The molecule has 14 heteroatoms. The highest BCUT2D eigenvalue weighted by atomic mass is 35.7. The Bertz CT molecular complexity index is 1980. The Morgan fingerprint density at radius 2 is 0.925 bits per heavy atom. The van der Waals surface area contributed by atoms with E-state index in [0.717, 1.165) is 0 Å². The molecule has 0 radical (unpaired) electrons. The van der Waals surface area contributed by atoms with Crippen LogP contribution >= 0.6 is 21.4 Å². The number of halogens is 2. The third-order valence-corrected chi connectivity index (χ3v) is 8.84. The van der Waals surface area contributed by atoms with Gasteiger partial charge in [-0.1, -0.05) is 48.5 Å². The van der Waals surface area contributed by atoms with Gasteiger partial charge in [0.25, 0.3) is 18.1 Å². The smallest absolute Gasteiger partial charge is 0.354 e. The second kappa shape index (κ2) is 9.82. The summed E-state index contributed by atoms with van der Waals surface area (Å²) < 4.78 is 49.3. The van der Waals surface area contributed by atoms with E-state index in [1.165, 1.54) is 72.8 Å². The summed E-state index contributed by atoms with van der Waals surface area (Å²) >= 11 is 0. The Morgan fingerprint density at radius 1 is 0.575 bits per heavy atom. The molecular formula is C26H14Cl2N2O8S2. The van der Waals surface area contributed by atoms with Crippen LogP contribution in [-0.2, 0) is 18.1 Å². The zero-order valence-electron chi connectivity index (χ0n) is 19.7. The number of rotatable bonds is 6. The van der Waals surface area contributed by atoms with E-state index < -0.39 is 41.4 Å². The first kappa shape index (κ1) is 27.5. The van der Waals surface area contributed by atoms with Gasteiger partial charge in [-0.15, -0.1) is 0 Å². The first-order valence-electron chi connectivity index (χ1n) is 11.1. The molecule has 0 spiro atoms. The average molecular weight is 617 g/mol. The second-order valence-electron chi connectivity index (χ2n) is 8.45. The highest BCUT2D eigenvalue weighted by Gasteiger charge is 2.24. The van der Waals surface area contributed by atoms with Crippen molar-refractivity contribution in [1.82, 2.24) is 9.97 Å². The molecule has 0 saturated heterocycles. The molecule has 0 atom stereocenters. The van der Waals surface area contributed by atoms with Crippen molar-refractivity contribution in [2.45, 2.75) is 9.79 Å². The Hall–Kier alpha value is -4.10. The summed E-state index contributed by atoms with van der Waals surface area (Å²) in [5, 5.41) is 20.1. The molecule has 5 aromatic rings. The highest BCUT2D eigenvalue weighted by molar-refractivity contribution is 8.14. The normalized spacial score (nSPS) is 12.1. The third kappa shape index (κ3) is 4.86. The molecule has 40 heavy (non-hydrogen) atoms. The van der Waals surface area contributed by atoms with E-state index >= 15 is 0 Å². The number of nitrogens with zero attached hydrogens (tertiary/aromatic N) is 2. The maximum Gasteiger partial charge on any atom is 0.354 e. The number of hydrogen-bond acceptors (Lipinski definition) is 8. The van der Waals surface area contributed by atoms with Gasteiger partial charge in [-0.2, -0.15) is 0 Å². The van der Waals surface area contributed by atoms with E-state index in [9.17, 15) is 36.6 Å². The van der Waals surface area contributed by atoms with E-state index in [2.05, 4.69) is 9.97 Å². The summed E-state index contributed by atoms with van der Waals surface area (Å²) in [7, 11) is 2.79. The molecule has 2 aromatic heterocycles. The van der Waals surface area contributed by atoms with Crippen LogP contribution in [0.2, 0.25) is 0 Å². The minimum Gasteiger partial charge on any atom is -0.477 e. The molecule has 202 valence electrons. The van der Waals surface area contributed by atoms with Crippen molar-refractivity contribution < 1.29 is 36.6 Å². The number of carboxylic acid groups (broad SMARTS) is 2. The predicted octanol–water partition coefficient (Wildman–Crippen LogP) is 5.37. The fourth-order valence-corrected chi connectivity index (χ4v) is 6.61. The number of aromatic carboxylic acids is 2. The second-order valence-corrected chi connectivity index (χ2v) is 13.5. The minimum absolute atomic E-state index is 0.0651. The van der Waals surface area contributed by atoms with Gasteiger partial charge < -0.3 is 10.2 Å². The lowest BCUT2D eigenvalue weighted by atomic mass is 9.95. The summed E-state index contributed by atoms with van der Waals surface area (Å²) in [5.41, 5.74) is -0.655. The van der Waals surface area contributed by atoms with Crippen LogP contribution in [0.4, 0.5) is 0 Å². The summed E-state index contributed by atoms with van der Waals surface area (Å²) in [6.07, 6.45) is 0. The van der Waals surface area contributed by atoms with Crippen molar-refractivity contribution in [3.63, 3.8) is 0 Å². The van der Waals surface area contributed by atoms with Gasteiger partial charge in [0.15, 0.2) is 0 Å². The Kier molecular flexibility index (Phi) is 6.74. The van der Waals surface area contributed by atoms with Crippen molar-refractivity contribution in [3.05, 3.63) is 84.2 Å². The molecular weight excluding hydrogens is 603 g/mol. The Labute approximate surface area is 235 Å². The van der Waals surface area contributed by atoms with Gasteiger partial charge >= 0.3 is 11.9 Å². The molecule has 0 unspecified atom stereocenters. The number of pyridine rings is 2. The number of carbonyl (C=O) groups is 2. The number of hydrogen-bond donors (Lipinski definition) is 2. The Morgan fingerprint density at radius 3 is 1.25 bits per heavy atom. The number of fused-ring (bicyclic) bond motifs is 3. The lowest BCUT2D eigenvalue weighted by molar-refractivity contribution is 0.0680. The molecule has 10 nitrogen and oxygen atoms in total. The van der Waals surface area contributed by atoms with Gasteiger partial charge in [-0.3, -0.25) is 0 Å². The minimum atomic E-state index is -4.26. The van der Waals surface area contributed by atoms with Gasteiger partial charge in [0, 0.05) is 43.3 Å². The highest BCUT2D eigenvalue weighted by Crippen LogP contribution is 2.40. The van der Waals surface area contributed by atoms with Crippen molar-refractivity contribution >= 4 is 73.2 Å². The largest absolute Gasteiger partial charge is 0.477 e. The van der Waals surface area contributed by atoms with Crippen LogP contribution in [0.15, 0.2) is 82.6 Å². The molecule has 2 heterocycles. The van der Waals surface area contributed by atoms with Crippen molar-refractivity contribution in [2.75, 3.05) is 0 Å². The van der Waals surface area contributed by atoms with Crippen LogP contribution in [-0.4, -0.2) is 49.0 Å². The summed E-state index contributed by atoms with van der Waals surface area (Å²) in [6.45, 7) is 0. The summed E-state index contributed by atoms with van der Waals surface area (Å²) in [4.78, 5) is 32.0. The fourth-order valence-electron chi connectivity index (χ4n) is 4.44. The van der Waals surface area contributed by atoms with E-state index in [1.54, 1.807) is 0 Å². The topological polar surface area (TPSA) is 169 Å². The van der Waals surface area contributed by atoms with E-state index in [-0.39, 0.29) is 53.9 Å². The molecule has 0 saturated carbocycles. The summed E-state index contributed by atoms with van der Waals surface area (Å²) in [6, 6.07) is 16.8. The lowest BCUT2D eigenvalue weighted by Crippen LogP contribution is -2.06. The monoisotopic (exact) mass is 616 g/mol. The maximum atomic E-state index is 12.3. The molecule has 0 aliphatic rings. The van der Waals surface area contributed by atoms with Crippen LogP contribution < -0.4 is 0 Å². The molecule has 0 bridgehead atoms. The lowest BCUT2D eigenvalue weighted by Gasteiger charge is -2.15. The molecule has 2 N–H and O–H groups in total. The number of benzene rings is 3. The predicted molar refractivity (Wildman–Crippen MR) is 148 cm³/mol. The van der Waals surface area contributed by atoms with Gasteiger partial charge in [0.2, 0.25) is 0 Å². The quantitative estimate of drug-likeness (QED) is 0.187. The van der Waals surface area contributed by atoms with Gasteiger partial charge in [-0.05, 0) is 35.4 Å². The van der Waals surface area contributed by atoms with Crippen LogP contribution in [0.3, 0.4) is 0 Å². The van der Waals surface area contributed by atoms with Crippen molar-refractivity contribution in [3.8, 4) is 22.3 Å². The molecule has 0 fully saturated rings. The average Bonchev–Trinajstić information content (AvgIpc) is 2.90. The molecule has 0 aliphatic carbocycles. The number of carboxylic acids is 2. The first-order valence-corrected chi connectivity index (χ1v) is 15.7. The molecule has 0 aliphatic heterocycles. The van der Waals surface area contributed by atoms with Crippen LogP contribution in [0, 0.1) is 0 Å². The van der Waals surface area contributed by atoms with E-state index in [4.69, 9.17) is 21.4 Å². The SMILES string of the molecule is O=C(O)c1cc(-c2ccccc2S(=O)(=O)Cl)c2ccc3c(-c4ccccc4S(=O)(=O)Cl)cc(C(=O)O)nc3c2n1. The third-order valence-electron chi connectivity index (χ3n) is 6.08. The van der Waals surface area contributed by atoms with Crippen LogP contribution in [0.25, 0.3) is 44.1 Å². The molecule has 3 aromatic carbocycles. The van der Waals surface area contributed by atoms with Crippen molar-refractivity contribution in [1.29, 1.82) is 0 Å². The Balaban J connectivity index is 1.99. The number of aromatic nitrogens is 2. The van der Waals surface area contributed by atoms with Gasteiger partial charge in [-0.25, -0.2) is 36.4 Å². The van der Waals surface area contributed by atoms with Crippen LogP contribution in [0.1, 0.15) is 21.0 Å². The zero-order chi connectivity index (χ0) is 29.0. The molecule has 0 amide bonds. The zero-order valence-corrected chi connectivity index (χ0v) is 22.9. The van der Waals surface area contributed by atoms with E-state index in [0.29, 0.717) is 0 Å². The van der Waals surface area contributed by atoms with Gasteiger partial charge in [0.05, 0.1) is 20.8 Å². The van der Waals surface area contributed by atoms with Gasteiger partial charge in [0.1, 0.15) is 11.4 Å². The van der Waals surface area contributed by atoms with Crippen LogP contribution in [0.5, 0.6) is 0 Å². The van der Waals surface area contributed by atoms with Crippen molar-refractivity contribution in [2.24, 2.45) is 0 Å².